The quantitative estimate of drug-likeness (QED) is 0.931. The fraction of sp³-hybridized carbons (Fsp3) is 0.688. The number of rotatable bonds is 3. The molecule has 1 fully saturated rings. The Balaban J connectivity index is 1.67. The van der Waals surface area contributed by atoms with Crippen LogP contribution >= 0.6 is 11.3 Å². The van der Waals surface area contributed by atoms with Crippen molar-refractivity contribution < 1.29 is 9.90 Å². The van der Waals surface area contributed by atoms with Gasteiger partial charge in [-0.25, -0.2) is 0 Å². The molecule has 2 aliphatic rings. The maximum atomic E-state index is 12.5. The van der Waals surface area contributed by atoms with Crippen molar-refractivity contribution in [3.63, 3.8) is 0 Å². The summed E-state index contributed by atoms with van der Waals surface area (Å²) in [7, 11) is 1.87. The summed E-state index contributed by atoms with van der Waals surface area (Å²) < 4.78 is 0. The van der Waals surface area contributed by atoms with Gasteiger partial charge in [0.15, 0.2) is 0 Å². The first-order chi connectivity index (χ1) is 9.65. The van der Waals surface area contributed by atoms with Crippen molar-refractivity contribution in [3.8, 4) is 0 Å². The molecule has 3 nitrogen and oxygen atoms in total. The molecule has 0 aromatic carbocycles. The van der Waals surface area contributed by atoms with Gasteiger partial charge in [-0.05, 0) is 50.2 Å². The Labute approximate surface area is 124 Å². The van der Waals surface area contributed by atoms with Gasteiger partial charge in [-0.2, -0.15) is 0 Å². The molecule has 1 aromatic rings. The van der Waals surface area contributed by atoms with Crippen LogP contribution in [0.1, 0.15) is 52.2 Å². The predicted octanol–water partition coefficient (Wildman–Crippen LogP) is 2.86. The molecular formula is C16H23NO2S. The highest BCUT2D eigenvalue weighted by molar-refractivity contribution is 7.14. The zero-order valence-electron chi connectivity index (χ0n) is 12.1. The van der Waals surface area contributed by atoms with E-state index in [0.717, 1.165) is 37.0 Å². The SMILES string of the molecule is CN(CC1CCCC1O)C(=O)c1cc2c(s1)CCCC2. The number of fused-ring (bicyclic) bond motifs is 1. The number of hydrogen-bond donors (Lipinski definition) is 1. The number of hydrogen-bond acceptors (Lipinski definition) is 3. The van der Waals surface area contributed by atoms with E-state index in [1.54, 1.807) is 16.2 Å². The summed E-state index contributed by atoms with van der Waals surface area (Å²) in [6, 6.07) is 2.10. The average Bonchev–Trinajstić information content (AvgIpc) is 3.04. The minimum Gasteiger partial charge on any atom is -0.393 e. The molecule has 2 unspecified atom stereocenters. The van der Waals surface area contributed by atoms with E-state index in [-0.39, 0.29) is 17.9 Å². The summed E-state index contributed by atoms with van der Waals surface area (Å²) in [5, 5.41) is 9.89. The van der Waals surface area contributed by atoms with Gasteiger partial charge in [-0.15, -0.1) is 11.3 Å². The molecule has 1 heterocycles. The van der Waals surface area contributed by atoms with E-state index in [2.05, 4.69) is 6.07 Å². The van der Waals surface area contributed by atoms with Crippen molar-refractivity contribution >= 4 is 17.2 Å². The van der Waals surface area contributed by atoms with E-state index >= 15 is 0 Å². The molecule has 20 heavy (non-hydrogen) atoms. The van der Waals surface area contributed by atoms with Crippen LogP contribution < -0.4 is 0 Å². The molecule has 3 rings (SSSR count). The highest BCUT2D eigenvalue weighted by atomic mass is 32.1. The van der Waals surface area contributed by atoms with Gasteiger partial charge in [0.25, 0.3) is 5.91 Å². The number of carbonyl (C=O) groups is 1. The highest BCUT2D eigenvalue weighted by Gasteiger charge is 2.28. The Morgan fingerprint density at radius 3 is 2.85 bits per heavy atom. The lowest BCUT2D eigenvalue weighted by Gasteiger charge is -2.22. The molecule has 0 spiro atoms. The minimum absolute atomic E-state index is 0.128. The van der Waals surface area contributed by atoms with Crippen LogP contribution in [-0.4, -0.2) is 35.6 Å². The predicted molar refractivity (Wildman–Crippen MR) is 81.3 cm³/mol. The van der Waals surface area contributed by atoms with Gasteiger partial charge >= 0.3 is 0 Å². The van der Waals surface area contributed by atoms with Crippen LogP contribution in [0.3, 0.4) is 0 Å². The summed E-state index contributed by atoms with van der Waals surface area (Å²) in [4.78, 5) is 16.6. The zero-order valence-corrected chi connectivity index (χ0v) is 12.9. The first-order valence-electron chi connectivity index (χ1n) is 7.70. The molecular weight excluding hydrogens is 270 g/mol. The molecule has 0 radical (unpaired) electrons. The minimum atomic E-state index is -0.221. The Hall–Kier alpha value is -0.870. The van der Waals surface area contributed by atoms with Crippen LogP contribution in [0, 0.1) is 5.92 Å². The van der Waals surface area contributed by atoms with Crippen molar-refractivity contribution in [2.45, 2.75) is 51.0 Å². The number of nitrogens with zero attached hydrogens (tertiary/aromatic N) is 1. The van der Waals surface area contributed by atoms with Crippen molar-refractivity contribution in [1.29, 1.82) is 0 Å². The van der Waals surface area contributed by atoms with Crippen LogP contribution in [0.4, 0.5) is 0 Å². The summed E-state index contributed by atoms with van der Waals surface area (Å²) in [6.45, 7) is 0.683. The number of carbonyl (C=O) groups excluding carboxylic acids is 1. The largest absolute Gasteiger partial charge is 0.393 e. The third-order valence-electron chi connectivity index (χ3n) is 4.68. The molecule has 1 saturated carbocycles. The third-order valence-corrected chi connectivity index (χ3v) is 5.91. The first kappa shape index (κ1) is 14.1. The second kappa shape index (κ2) is 5.86. The molecule has 0 aliphatic heterocycles. The van der Waals surface area contributed by atoms with E-state index in [4.69, 9.17) is 0 Å². The molecule has 2 atom stereocenters. The summed E-state index contributed by atoms with van der Waals surface area (Å²) in [5.41, 5.74) is 1.39. The van der Waals surface area contributed by atoms with Gasteiger partial charge in [-0.1, -0.05) is 6.42 Å². The van der Waals surface area contributed by atoms with E-state index in [1.807, 2.05) is 7.05 Å². The van der Waals surface area contributed by atoms with Crippen LogP contribution in [0.5, 0.6) is 0 Å². The third kappa shape index (κ3) is 2.77. The number of thiophene rings is 1. The fourth-order valence-corrected chi connectivity index (χ4v) is 4.70. The smallest absolute Gasteiger partial charge is 0.263 e. The van der Waals surface area contributed by atoms with E-state index in [1.165, 1.54) is 23.3 Å². The van der Waals surface area contributed by atoms with Gasteiger partial charge < -0.3 is 10.0 Å². The lowest BCUT2D eigenvalue weighted by Crippen LogP contribution is -2.34. The lowest BCUT2D eigenvalue weighted by atomic mass is 9.99. The Kier molecular flexibility index (Phi) is 4.13. The van der Waals surface area contributed by atoms with Gasteiger partial charge in [0, 0.05) is 24.4 Å². The normalized spacial score (nSPS) is 25.5. The summed E-state index contributed by atoms with van der Waals surface area (Å²) >= 11 is 1.68. The second-order valence-electron chi connectivity index (χ2n) is 6.21. The topological polar surface area (TPSA) is 40.5 Å². The van der Waals surface area contributed by atoms with Crippen molar-refractivity contribution in [2.24, 2.45) is 5.92 Å². The van der Waals surface area contributed by atoms with Crippen LogP contribution in [-0.2, 0) is 12.8 Å². The molecule has 2 aliphatic carbocycles. The highest BCUT2D eigenvalue weighted by Crippen LogP contribution is 2.31. The molecule has 0 bridgehead atoms. The maximum Gasteiger partial charge on any atom is 0.263 e. The van der Waals surface area contributed by atoms with Crippen molar-refractivity contribution in [2.75, 3.05) is 13.6 Å². The monoisotopic (exact) mass is 293 g/mol. The van der Waals surface area contributed by atoms with Gasteiger partial charge in [0.2, 0.25) is 0 Å². The standard InChI is InChI=1S/C16H23NO2S/c1-17(10-12-6-4-7-13(12)18)16(19)15-9-11-5-2-3-8-14(11)20-15/h9,12-13,18H,2-8,10H2,1H3. The van der Waals surface area contributed by atoms with Gasteiger partial charge in [0.05, 0.1) is 11.0 Å². The molecule has 1 amide bonds. The van der Waals surface area contributed by atoms with E-state index in [9.17, 15) is 9.90 Å². The second-order valence-corrected chi connectivity index (χ2v) is 7.35. The van der Waals surface area contributed by atoms with Crippen LogP contribution in [0.25, 0.3) is 0 Å². The van der Waals surface area contributed by atoms with Crippen LogP contribution in [0.2, 0.25) is 0 Å². The number of aliphatic hydroxyl groups is 1. The van der Waals surface area contributed by atoms with Crippen LogP contribution in [0.15, 0.2) is 6.07 Å². The van der Waals surface area contributed by atoms with Gasteiger partial charge in [0.1, 0.15) is 0 Å². The lowest BCUT2D eigenvalue weighted by molar-refractivity contribution is 0.0698. The fourth-order valence-electron chi connectivity index (χ4n) is 3.45. The Morgan fingerprint density at radius 1 is 1.35 bits per heavy atom. The first-order valence-corrected chi connectivity index (χ1v) is 8.52. The molecule has 110 valence electrons. The van der Waals surface area contributed by atoms with Crippen molar-refractivity contribution in [3.05, 3.63) is 21.4 Å². The Bertz CT molecular complexity index is 473. The molecule has 1 N–H and O–H groups in total. The molecule has 1 aromatic heterocycles. The van der Waals surface area contributed by atoms with Gasteiger partial charge in [-0.3, -0.25) is 4.79 Å². The molecule has 4 heteroatoms. The summed E-state index contributed by atoms with van der Waals surface area (Å²) in [5.74, 6) is 0.391. The number of aliphatic hydroxyl groups excluding tert-OH is 1. The average molecular weight is 293 g/mol. The zero-order chi connectivity index (χ0) is 14.1. The number of amides is 1. The number of aryl methyl sites for hydroxylation is 2. The van der Waals surface area contributed by atoms with E-state index < -0.39 is 0 Å². The van der Waals surface area contributed by atoms with Crippen molar-refractivity contribution in [1.82, 2.24) is 4.90 Å². The maximum absolute atomic E-state index is 12.5. The Morgan fingerprint density at radius 2 is 2.15 bits per heavy atom. The molecule has 0 saturated heterocycles. The summed E-state index contributed by atoms with van der Waals surface area (Å²) in [6.07, 6.45) is 7.57. The van der Waals surface area contributed by atoms with E-state index in [0.29, 0.717) is 6.54 Å².